The second-order valence-electron chi connectivity index (χ2n) is 5.89. The van der Waals surface area contributed by atoms with Gasteiger partial charge in [-0.05, 0) is 35.0 Å². The summed E-state index contributed by atoms with van der Waals surface area (Å²) in [5.41, 5.74) is 0.565. The minimum absolute atomic E-state index is 0. The molecule has 4 nitrogen and oxygen atoms in total. The maximum atomic E-state index is 10.9. The molecule has 0 aliphatic rings. The Morgan fingerprint density at radius 3 is 1.21 bits per heavy atom. The molecule has 0 spiro atoms. The molecule has 7 heteroatoms. The molecule has 142 valence electrons. The Balaban J connectivity index is 0.000000200. The third kappa shape index (κ3) is 5.07. The Morgan fingerprint density at radius 2 is 0.862 bits per heavy atom. The molecule has 4 aromatic rings. The first-order valence-electron chi connectivity index (χ1n) is 8.21. The van der Waals surface area contributed by atoms with E-state index < -0.39 is 11.9 Å². The number of hydrogen-bond acceptors (Lipinski definition) is 2. The number of hydrogen-bond donors (Lipinski definition) is 2. The Hall–Kier alpha value is -2.16. The van der Waals surface area contributed by atoms with Gasteiger partial charge in [0, 0.05) is 48.1 Å². The van der Waals surface area contributed by atoms with Crippen LogP contribution < -0.4 is 0 Å². The molecule has 0 aliphatic carbocycles. The Bertz CT molecular complexity index is 1110. The Labute approximate surface area is 196 Å². The van der Waals surface area contributed by atoms with Gasteiger partial charge in [-0.3, -0.25) is 0 Å². The fourth-order valence-electron chi connectivity index (χ4n) is 2.92. The van der Waals surface area contributed by atoms with Gasteiger partial charge >= 0.3 is 11.9 Å². The van der Waals surface area contributed by atoms with Crippen LogP contribution in [-0.2, 0) is 27.3 Å². The number of fused-ring (bicyclic) bond motifs is 2. The Morgan fingerprint density at radius 1 is 0.552 bits per heavy atom. The second-order valence-corrected chi connectivity index (χ2v) is 6.71. The van der Waals surface area contributed by atoms with Crippen molar-refractivity contribution in [2.24, 2.45) is 0 Å². The fourth-order valence-corrected chi connectivity index (χ4v) is 3.39. The van der Waals surface area contributed by atoms with Gasteiger partial charge in [-0.15, -0.1) is 0 Å². The van der Waals surface area contributed by atoms with E-state index in [0.717, 1.165) is 10.8 Å². The molecule has 4 rings (SSSR count). The molecule has 2 N–H and O–H groups in total. The molecule has 0 aromatic heterocycles. The summed E-state index contributed by atoms with van der Waals surface area (Å²) in [5, 5.41) is 21.9. The summed E-state index contributed by atoms with van der Waals surface area (Å²) >= 11 is 11.9. The van der Waals surface area contributed by atoms with Gasteiger partial charge in [0.15, 0.2) is 0 Å². The predicted octanol–water partition coefficient (Wildman–Crippen LogP) is 6.38. The quantitative estimate of drug-likeness (QED) is 0.298. The van der Waals surface area contributed by atoms with Crippen LogP contribution in [0.15, 0.2) is 72.8 Å². The van der Waals surface area contributed by atoms with Crippen LogP contribution >= 0.6 is 23.2 Å². The van der Waals surface area contributed by atoms with Crippen LogP contribution in [-0.4, -0.2) is 22.2 Å². The zero-order valence-electron chi connectivity index (χ0n) is 15.1. The molecule has 0 atom stereocenters. The molecule has 0 fully saturated rings. The summed E-state index contributed by atoms with van der Waals surface area (Å²) in [6, 6.07) is 20.6. The number of aromatic carboxylic acids is 2. The van der Waals surface area contributed by atoms with Crippen molar-refractivity contribution in [3.8, 4) is 0 Å². The summed E-state index contributed by atoms with van der Waals surface area (Å²) in [6.07, 6.45) is 0. The van der Waals surface area contributed by atoms with E-state index >= 15 is 0 Å². The van der Waals surface area contributed by atoms with Crippen molar-refractivity contribution in [3.63, 3.8) is 0 Å². The zero-order chi connectivity index (χ0) is 20.3. The van der Waals surface area contributed by atoms with Crippen LogP contribution in [0.5, 0.6) is 0 Å². The summed E-state index contributed by atoms with van der Waals surface area (Å²) in [7, 11) is 0. The van der Waals surface area contributed by atoms with Crippen LogP contribution in [0.2, 0.25) is 10.0 Å². The molecular formula is C22H14CdCl2O4. The van der Waals surface area contributed by atoms with Crippen LogP contribution in [0.3, 0.4) is 0 Å². The summed E-state index contributed by atoms with van der Waals surface area (Å²) in [5.74, 6) is -1.87. The molecule has 4 aromatic carbocycles. The number of carboxylic acids is 2. The fraction of sp³-hybridized carbons (Fsp3) is 0. The van der Waals surface area contributed by atoms with Crippen LogP contribution in [0.4, 0.5) is 0 Å². The van der Waals surface area contributed by atoms with Crippen LogP contribution in [0.25, 0.3) is 21.5 Å². The zero-order valence-corrected chi connectivity index (χ0v) is 20.7. The number of rotatable bonds is 2. The van der Waals surface area contributed by atoms with Gasteiger partial charge in [-0.1, -0.05) is 71.7 Å². The third-order valence-electron chi connectivity index (χ3n) is 4.20. The number of halogens is 2. The predicted molar refractivity (Wildman–Crippen MR) is 112 cm³/mol. The molecule has 0 amide bonds. The molecule has 0 aliphatic heterocycles. The van der Waals surface area contributed by atoms with Gasteiger partial charge in [0.05, 0.1) is 11.1 Å². The minimum Gasteiger partial charge on any atom is -0.478 e. The summed E-state index contributed by atoms with van der Waals surface area (Å²) < 4.78 is 0. The van der Waals surface area contributed by atoms with Crippen molar-refractivity contribution >= 4 is 56.7 Å². The van der Waals surface area contributed by atoms with E-state index in [0.29, 0.717) is 20.8 Å². The largest absolute Gasteiger partial charge is 0.478 e. The topological polar surface area (TPSA) is 74.6 Å². The maximum Gasteiger partial charge on any atom is 0.336 e. The molecule has 0 radical (unpaired) electrons. The van der Waals surface area contributed by atoms with Gasteiger partial charge in [-0.25, -0.2) is 9.59 Å². The summed E-state index contributed by atoms with van der Waals surface area (Å²) in [4.78, 5) is 21.8. The van der Waals surface area contributed by atoms with E-state index in [-0.39, 0.29) is 38.4 Å². The van der Waals surface area contributed by atoms with Gasteiger partial charge in [0.1, 0.15) is 0 Å². The van der Waals surface area contributed by atoms with Gasteiger partial charge in [0.25, 0.3) is 0 Å². The average Bonchev–Trinajstić information content (AvgIpc) is 2.68. The van der Waals surface area contributed by atoms with Crippen molar-refractivity contribution < 1.29 is 47.1 Å². The van der Waals surface area contributed by atoms with Crippen molar-refractivity contribution in [2.75, 3.05) is 0 Å². The standard InChI is InChI=1S/2C11H7ClO2.Cd/c2*12-10-6-2-3-7-8(10)4-1-5-9(7)11(13)14;/h2*1-6H,(H,13,14);. The first-order valence-corrected chi connectivity index (χ1v) is 8.97. The molecule has 0 unspecified atom stereocenters. The molecule has 0 saturated carbocycles. The second kappa shape index (κ2) is 10.0. The number of benzene rings is 4. The van der Waals surface area contributed by atoms with E-state index in [1.807, 2.05) is 12.1 Å². The SMILES string of the molecule is O=C(O)c1cccc2c(Cl)cccc12.O=C(O)c1cccc2c(Cl)cccc12.[Cd]. The monoisotopic (exact) mass is 526 g/mol. The van der Waals surface area contributed by atoms with E-state index in [2.05, 4.69) is 0 Å². The van der Waals surface area contributed by atoms with Gasteiger partial charge in [0.2, 0.25) is 0 Å². The molecule has 0 saturated heterocycles. The number of carbonyl (C=O) groups is 2. The van der Waals surface area contributed by atoms with E-state index in [1.54, 1.807) is 60.7 Å². The van der Waals surface area contributed by atoms with Crippen molar-refractivity contribution in [1.82, 2.24) is 0 Å². The summed E-state index contributed by atoms with van der Waals surface area (Å²) in [6.45, 7) is 0. The molecule has 0 heterocycles. The molecule has 0 bridgehead atoms. The Kier molecular flexibility index (Phi) is 8.01. The van der Waals surface area contributed by atoms with Crippen molar-refractivity contribution in [1.29, 1.82) is 0 Å². The first kappa shape index (κ1) is 23.1. The smallest absolute Gasteiger partial charge is 0.336 e. The third-order valence-corrected chi connectivity index (χ3v) is 4.86. The first-order chi connectivity index (χ1) is 13.4. The van der Waals surface area contributed by atoms with Gasteiger partial charge < -0.3 is 10.2 Å². The van der Waals surface area contributed by atoms with E-state index in [9.17, 15) is 9.59 Å². The van der Waals surface area contributed by atoms with E-state index in [4.69, 9.17) is 33.4 Å². The van der Waals surface area contributed by atoms with Gasteiger partial charge in [-0.2, -0.15) is 0 Å². The normalized spacial score (nSPS) is 10.0. The minimum atomic E-state index is -0.933. The average molecular weight is 526 g/mol. The van der Waals surface area contributed by atoms with E-state index in [1.165, 1.54) is 0 Å². The van der Waals surface area contributed by atoms with Crippen molar-refractivity contribution in [2.45, 2.75) is 0 Å². The van der Waals surface area contributed by atoms with Crippen molar-refractivity contribution in [3.05, 3.63) is 94.0 Å². The maximum absolute atomic E-state index is 10.9. The van der Waals surface area contributed by atoms with Crippen LogP contribution in [0.1, 0.15) is 20.7 Å². The van der Waals surface area contributed by atoms with Crippen LogP contribution in [0, 0.1) is 0 Å². The number of carboxylic acid groups (broad SMARTS) is 2. The molecular weight excluding hydrogens is 512 g/mol. The molecule has 29 heavy (non-hydrogen) atoms.